The summed E-state index contributed by atoms with van der Waals surface area (Å²) in [6.07, 6.45) is -6.25. The molecule has 3 atom stereocenters. The first-order valence-corrected chi connectivity index (χ1v) is 11.1. The number of fused-ring (bicyclic) bond motifs is 1. The highest BCUT2D eigenvalue weighted by molar-refractivity contribution is 6.00. The molecule has 3 aromatic rings. The predicted molar refractivity (Wildman–Crippen MR) is 121 cm³/mol. The van der Waals surface area contributed by atoms with Crippen molar-refractivity contribution in [1.29, 1.82) is 0 Å². The number of furan rings is 1. The standard InChI is InChI=1S/C25H21F3N2O7/c26-25(27,28)15-7-5-13(6-8-15)21(32)30-20(18-11-14-3-1-2-4-17(14)37-18)16(22(33)34)12-24(30,23(35)36)10-9-19(29)31/h1-8,11,16,20H,9-10,12H2,(H2,29,31)(H,33,34)(H,35,36). The summed E-state index contributed by atoms with van der Waals surface area (Å²) >= 11 is 0. The van der Waals surface area contributed by atoms with Crippen LogP contribution in [0.5, 0.6) is 0 Å². The van der Waals surface area contributed by atoms with Gasteiger partial charge in [-0.2, -0.15) is 13.2 Å². The van der Waals surface area contributed by atoms with E-state index in [1.807, 2.05) is 0 Å². The molecule has 0 radical (unpaired) electrons. The number of hydrogen-bond donors (Lipinski definition) is 3. The number of carbonyl (C=O) groups excluding carboxylic acids is 2. The smallest absolute Gasteiger partial charge is 0.416 e. The van der Waals surface area contributed by atoms with Crippen LogP contribution >= 0.6 is 0 Å². The summed E-state index contributed by atoms with van der Waals surface area (Å²) in [5.41, 5.74) is 2.05. The predicted octanol–water partition coefficient (Wildman–Crippen LogP) is 3.83. The van der Waals surface area contributed by atoms with Crippen LogP contribution in [0.25, 0.3) is 11.0 Å². The van der Waals surface area contributed by atoms with Crippen LogP contribution in [0.3, 0.4) is 0 Å². The van der Waals surface area contributed by atoms with Gasteiger partial charge in [0.1, 0.15) is 22.9 Å². The molecule has 3 unspecified atom stereocenters. The lowest BCUT2D eigenvalue weighted by Crippen LogP contribution is -2.54. The average molecular weight is 518 g/mol. The van der Waals surface area contributed by atoms with E-state index in [4.69, 9.17) is 10.2 Å². The lowest BCUT2D eigenvalue weighted by Gasteiger charge is -2.37. The Morgan fingerprint density at radius 3 is 2.24 bits per heavy atom. The zero-order valence-corrected chi connectivity index (χ0v) is 19.1. The molecule has 1 fully saturated rings. The molecule has 1 saturated heterocycles. The Hall–Kier alpha value is -4.35. The lowest BCUT2D eigenvalue weighted by atomic mass is 9.86. The van der Waals surface area contributed by atoms with E-state index in [1.165, 1.54) is 6.07 Å². The third-order valence-electron chi connectivity index (χ3n) is 6.59. The Kier molecular flexibility index (Phi) is 6.44. The van der Waals surface area contributed by atoms with Gasteiger partial charge in [0.25, 0.3) is 5.91 Å². The number of carboxylic acid groups (broad SMARTS) is 2. The molecule has 2 heterocycles. The van der Waals surface area contributed by atoms with Crippen molar-refractivity contribution in [2.75, 3.05) is 0 Å². The second-order valence-electron chi connectivity index (χ2n) is 8.83. The molecule has 2 aromatic carbocycles. The van der Waals surface area contributed by atoms with Gasteiger partial charge in [0.05, 0.1) is 11.5 Å². The number of nitrogens with two attached hydrogens (primary N) is 1. The topological polar surface area (TPSA) is 151 Å². The van der Waals surface area contributed by atoms with Gasteiger partial charge in [0, 0.05) is 17.4 Å². The highest BCUT2D eigenvalue weighted by Crippen LogP contribution is 2.51. The number of amides is 2. The maximum atomic E-state index is 13.8. The van der Waals surface area contributed by atoms with Crippen LogP contribution in [0.2, 0.25) is 0 Å². The third-order valence-corrected chi connectivity index (χ3v) is 6.59. The second-order valence-corrected chi connectivity index (χ2v) is 8.83. The highest BCUT2D eigenvalue weighted by atomic mass is 19.4. The summed E-state index contributed by atoms with van der Waals surface area (Å²) in [4.78, 5) is 51.1. The van der Waals surface area contributed by atoms with Gasteiger partial charge in [-0.25, -0.2) is 4.79 Å². The molecule has 4 rings (SSSR count). The van der Waals surface area contributed by atoms with E-state index in [2.05, 4.69) is 0 Å². The minimum Gasteiger partial charge on any atom is -0.481 e. The van der Waals surface area contributed by atoms with Crippen molar-refractivity contribution in [3.05, 3.63) is 71.5 Å². The number of hydrogen-bond acceptors (Lipinski definition) is 5. The number of rotatable bonds is 7. The number of para-hydroxylation sites is 1. The maximum absolute atomic E-state index is 13.8. The summed E-state index contributed by atoms with van der Waals surface area (Å²) in [5.74, 6) is -6.40. The van der Waals surface area contributed by atoms with Gasteiger partial charge in [0.2, 0.25) is 5.91 Å². The van der Waals surface area contributed by atoms with Crippen LogP contribution in [0.15, 0.2) is 59.0 Å². The van der Waals surface area contributed by atoms with E-state index in [0.717, 1.165) is 17.0 Å². The second kappa shape index (κ2) is 9.26. The molecule has 4 N–H and O–H groups in total. The van der Waals surface area contributed by atoms with Crippen LogP contribution in [-0.4, -0.2) is 44.4 Å². The van der Waals surface area contributed by atoms with Crippen molar-refractivity contribution in [2.24, 2.45) is 11.7 Å². The maximum Gasteiger partial charge on any atom is 0.416 e. The molecule has 0 aliphatic carbocycles. The van der Waals surface area contributed by atoms with Crippen molar-refractivity contribution in [1.82, 2.24) is 4.90 Å². The van der Waals surface area contributed by atoms with Crippen LogP contribution in [0.1, 0.15) is 47.0 Å². The van der Waals surface area contributed by atoms with Crippen molar-refractivity contribution in [2.45, 2.75) is 37.0 Å². The molecule has 37 heavy (non-hydrogen) atoms. The molecule has 194 valence electrons. The van der Waals surface area contributed by atoms with Crippen molar-refractivity contribution >= 4 is 34.7 Å². The Morgan fingerprint density at radius 1 is 1.05 bits per heavy atom. The van der Waals surface area contributed by atoms with Crippen LogP contribution in [0.4, 0.5) is 13.2 Å². The van der Waals surface area contributed by atoms with Crippen molar-refractivity contribution in [3.63, 3.8) is 0 Å². The Balaban J connectivity index is 1.90. The molecule has 2 amide bonds. The molecular formula is C25H21F3N2O7. The van der Waals surface area contributed by atoms with E-state index in [-0.39, 0.29) is 11.3 Å². The lowest BCUT2D eigenvalue weighted by molar-refractivity contribution is -0.149. The number of alkyl halides is 3. The monoisotopic (exact) mass is 518 g/mol. The van der Waals surface area contributed by atoms with Gasteiger partial charge in [-0.1, -0.05) is 18.2 Å². The van der Waals surface area contributed by atoms with Gasteiger partial charge in [-0.3, -0.25) is 14.4 Å². The van der Waals surface area contributed by atoms with E-state index < -0.39 is 72.3 Å². The molecule has 1 aliphatic heterocycles. The number of likely N-dealkylation sites (tertiary alicyclic amines) is 1. The number of carboxylic acids is 2. The zero-order valence-electron chi connectivity index (χ0n) is 19.1. The first kappa shape index (κ1) is 25.7. The van der Waals surface area contributed by atoms with E-state index >= 15 is 0 Å². The summed E-state index contributed by atoms with van der Waals surface area (Å²) in [5, 5.41) is 20.9. The largest absolute Gasteiger partial charge is 0.481 e. The molecule has 0 saturated carbocycles. The first-order valence-electron chi connectivity index (χ1n) is 11.1. The number of benzene rings is 2. The van der Waals surface area contributed by atoms with Crippen LogP contribution in [0, 0.1) is 5.92 Å². The van der Waals surface area contributed by atoms with Gasteiger partial charge in [-0.15, -0.1) is 0 Å². The molecule has 1 aliphatic rings. The van der Waals surface area contributed by atoms with Crippen LogP contribution in [-0.2, 0) is 20.6 Å². The summed E-state index contributed by atoms with van der Waals surface area (Å²) in [6, 6.07) is 9.78. The average Bonchev–Trinajstić information content (AvgIpc) is 3.41. The normalized spacial score (nSPS) is 21.8. The number of aliphatic carboxylic acids is 2. The zero-order chi connectivity index (χ0) is 27.1. The first-order chi connectivity index (χ1) is 17.3. The molecule has 9 nitrogen and oxygen atoms in total. The van der Waals surface area contributed by atoms with Crippen LogP contribution < -0.4 is 5.73 Å². The minimum absolute atomic E-state index is 0.0175. The third kappa shape index (κ3) is 4.61. The van der Waals surface area contributed by atoms with E-state index in [1.54, 1.807) is 24.3 Å². The molecule has 0 bridgehead atoms. The fourth-order valence-electron chi connectivity index (χ4n) is 4.83. The van der Waals surface area contributed by atoms with E-state index in [9.17, 15) is 42.6 Å². The SMILES string of the molecule is NC(=O)CCC1(C(=O)O)CC(C(=O)O)C(c2cc3ccccc3o2)N1C(=O)c1ccc(C(F)(F)F)cc1. The molecular weight excluding hydrogens is 497 g/mol. The number of nitrogens with zero attached hydrogens (tertiary/aromatic N) is 1. The van der Waals surface area contributed by atoms with Gasteiger partial charge in [-0.05, 0) is 49.2 Å². The molecule has 0 spiro atoms. The summed E-state index contributed by atoms with van der Waals surface area (Å²) < 4.78 is 45.0. The van der Waals surface area contributed by atoms with Gasteiger partial charge in [0.15, 0.2) is 0 Å². The minimum atomic E-state index is -4.67. The van der Waals surface area contributed by atoms with Gasteiger partial charge >= 0.3 is 18.1 Å². The van der Waals surface area contributed by atoms with Gasteiger partial charge < -0.3 is 25.3 Å². The van der Waals surface area contributed by atoms with E-state index in [0.29, 0.717) is 23.1 Å². The Bertz CT molecular complexity index is 1350. The number of primary amides is 1. The fraction of sp³-hybridized carbons (Fsp3) is 0.280. The highest BCUT2D eigenvalue weighted by Gasteiger charge is 2.61. The number of halogens is 3. The quantitative estimate of drug-likeness (QED) is 0.430. The molecule has 12 heteroatoms. The van der Waals surface area contributed by atoms with Crippen molar-refractivity contribution < 1.29 is 47.0 Å². The summed E-state index contributed by atoms with van der Waals surface area (Å²) in [6.45, 7) is 0. The van der Waals surface area contributed by atoms with Crippen molar-refractivity contribution in [3.8, 4) is 0 Å². The molecule has 1 aromatic heterocycles. The summed E-state index contributed by atoms with van der Waals surface area (Å²) in [7, 11) is 0. The Morgan fingerprint density at radius 2 is 1.70 bits per heavy atom. The number of carbonyl (C=O) groups is 4. The fourth-order valence-corrected chi connectivity index (χ4v) is 4.83. The Labute approximate surface area is 207 Å².